The molecule has 3 aromatic rings. The predicted molar refractivity (Wildman–Crippen MR) is 121 cm³/mol. The van der Waals surface area contributed by atoms with E-state index in [2.05, 4.69) is 20.8 Å². The Morgan fingerprint density at radius 3 is 2.62 bits per heavy atom. The van der Waals surface area contributed by atoms with Crippen LogP contribution in [-0.2, 0) is 9.59 Å². The summed E-state index contributed by atoms with van der Waals surface area (Å²) in [5, 5.41) is 14.3. The molecule has 0 fully saturated rings. The highest BCUT2D eigenvalue weighted by atomic mass is 32.2. The molecule has 0 saturated carbocycles. The fraction of sp³-hybridized carbons (Fsp3) is 0.318. The summed E-state index contributed by atoms with van der Waals surface area (Å²) in [7, 11) is 0. The van der Waals surface area contributed by atoms with Gasteiger partial charge in [0.05, 0.1) is 23.7 Å². The van der Waals surface area contributed by atoms with E-state index in [9.17, 15) is 22.8 Å². The Labute approximate surface area is 198 Å². The lowest BCUT2D eigenvalue weighted by atomic mass is 10.1. The van der Waals surface area contributed by atoms with Crippen molar-refractivity contribution in [1.82, 2.24) is 25.1 Å². The molecule has 0 bridgehead atoms. The summed E-state index contributed by atoms with van der Waals surface area (Å²) in [6, 6.07) is 7.48. The quantitative estimate of drug-likeness (QED) is 0.362. The van der Waals surface area contributed by atoms with Crippen molar-refractivity contribution in [3.8, 4) is 5.69 Å². The second kappa shape index (κ2) is 11.1. The molecule has 0 spiro atoms. The van der Waals surface area contributed by atoms with Gasteiger partial charge in [-0.2, -0.15) is 4.68 Å². The average Bonchev–Trinajstić information content (AvgIpc) is 3.27. The molecule has 180 valence electrons. The first-order valence-electron chi connectivity index (χ1n) is 10.4. The molecule has 8 nitrogen and oxygen atoms in total. The summed E-state index contributed by atoms with van der Waals surface area (Å²) in [4.78, 5) is 26.5. The number of nitrogens with one attached hydrogen (secondary N) is 1. The summed E-state index contributed by atoms with van der Waals surface area (Å²) >= 11 is 1.12. The molecule has 1 heterocycles. The molecule has 0 aliphatic rings. The number of carbonyl (C=O) groups excluding carboxylic acids is 2. The smallest absolute Gasteiger partial charge is 0.244 e. The van der Waals surface area contributed by atoms with Crippen molar-refractivity contribution in [1.29, 1.82) is 0 Å². The van der Waals surface area contributed by atoms with Crippen molar-refractivity contribution in [2.24, 2.45) is 0 Å². The van der Waals surface area contributed by atoms with Gasteiger partial charge < -0.3 is 10.2 Å². The molecule has 1 aromatic heterocycles. The number of carbonyl (C=O) groups is 2. The van der Waals surface area contributed by atoms with E-state index in [1.165, 1.54) is 4.90 Å². The minimum absolute atomic E-state index is 0.0436. The van der Waals surface area contributed by atoms with Crippen molar-refractivity contribution >= 4 is 29.3 Å². The monoisotopic (exact) mass is 492 g/mol. The van der Waals surface area contributed by atoms with Crippen molar-refractivity contribution in [3.63, 3.8) is 0 Å². The molecule has 3 rings (SSSR count). The Bertz CT molecular complexity index is 1200. The number of anilines is 1. The highest BCUT2D eigenvalue weighted by Gasteiger charge is 2.21. The molecule has 0 aliphatic heterocycles. The number of tetrazole rings is 1. The van der Waals surface area contributed by atoms with E-state index in [4.69, 9.17) is 0 Å². The van der Waals surface area contributed by atoms with Gasteiger partial charge >= 0.3 is 0 Å². The van der Waals surface area contributed by atoms with E-state index in [-0.39, 0.29) is 24.7 Å². The number of hydrogen-bond donors (Lipinski definition) is 1. The van der Waals surface area contributed by atoms with E-state index >= 15 is 0 Å². The maximum Gasteiger partial charge on any atom is 0.244 e. The third kappa shape index (κ3) is 5.93. The summed E-state index contributed by atoms with van der Waals surface area (Å²) in [6.45, 7) is 5.60. The third-order valence-corrected chi connectivity index (χ3v) is 5.75. The van der Waals surface area contributed by atoms with Crippen LogP contribution in [0.4, 0.5) is 18.9 Å². The van der Waals surface area contributed by atoms with E-state index < -0.39 is 29.0 Å². The van der Waals surface area contributed by atoms with Crippen LogP contribution < -0.4 is 5.32 Å². The van der Waals surface area contributed by atoms with Crippen LogP contribution in [0.5, 0.6) is 0 Å². The fourth-order valence-electron chi connectivity index (χ4n) is 3.13. The van der Waals surface area contributed by atoms with Gasteiger partial charge in [-0.25, -0.2) is 13.2 Å². The van der Waals surface area contributed by atoms with Crippen LogP contribution in [0.2, 0.25) is 0 Å². The number of benzene rings is 2. The van der Waals surface area contributed by atoms with Crippen molar-refractivity contribution in [3.05, 3.63) is 58.9 Å². The summed E-state index contributed by atoms with van der Waals surface area (Å²) in [5.41, 5.74) is 2.27. The lowest BCUT2D eigenvalue weighted by molar-refractivity contribution is -0.132. The molecule has 0 saturated heterocycles. The largest absolute Gasteiger partial charge is 0.333 e. The highest BCUT2D eigenvalue weighted by Crippen LogP contribution is 2.22. The Morgan fingerprint density at radius 1 is 1.12 bits per heavy atom. The van der Waals surface area contributed by atoms with Crippen LogP contribution in [0.1, 0.15) is 24.5 Å². The normalized spacial score (nSPS) is 10.9. The van der Waals surface area contributed by atoms with Crippen molar-refractivity contribution in [2.45, 2.75) is 32.3 Å². The molecular weight excluding hydrogens is 469 g/mol. The number of thioether (sulfide) groups is 1. The summed E-state index contributed by atoms with van der Waals surface area (Å²) < 4.78 is 41.9. The maximum atomic E-state index is 13.8. The van der Waals surface area contributed by atoms with Gasteiger partial charge in [0, 0.05) is 6.54 Å². The topological polar surface area (TPSA) is 93.0 Å². The van der Waals surface area contributed by atoms with Gasteiger partial charge in [-0.1, -0.05) is 30.8 Å². The molecule has 12 heteroatoms. The van der Waals surface area contributed by atoms with Gasteiger partial charge in [0.25, 0.3) is 0 Å². The first-order chi connectivity index (χ1) is 16.2. The van der Waals surface area contributed by atoms with E-state index in [1.54, 1.807) is 4.68 Å². The minimum Gasteiger partial charge on any atom is -0.333 e. The Morgan fingerprint density at radius 2 is 1.88 bits per heavy atom. The molecule has 0 radical (unpaired) electrons. The SMILES string of the molecule is CCCN(CC(=O)Nc1ccc(F)c(F)c1F)C(=O)CSc1nnnn1-c1cc(C)ccc1C. The fourth-order valence-corrected chi connectivity index (χ4v) is 3.92. The van der Waals surface area contributed by atoms with Gasteiger partial charge in [0.15, 0.2) is 17.5 Å². The number of halogens is 3. The number of aryl methyl sites for hydroxylation is 2. The van der Waals surface area contributed by atoms with E-state index in [1.807, 2.05) is 39.0 Å². The Kier molecular flexibility index (Phi) is 8.26. The van der Waals surface area contributed by atoms with Gasteiger partial charge in [-0.3, -0.25) is 9.59 Å². The maximum absolute atomic E-state index is 13.8. The number of aromatic nitrogens is 4. The van der Waals surface area contributed by atoms with Gasteiger partial charge in [0.2, 0.25) is 17.0 Å². The molecular formula is C22H23F3N6O2S. The molecule has 2 aromatic carbocycles. The molecule has 0 aliphatic carbocycles. The highest BCUT2D eigenvalue weighted by molar-refractivity contribution is 7.99. The van der Waals surface area contributed by atoms with Crippen molar-refractivity contribution < 1.29 is 22.8 Å². The van der Waals surface area contributed by atoms with Gasteiger partial charge in [-0.05, 0) is 60.0 Å². The average molecular weight is 493 g/mol. The van der Waals surface area contributed by atoms with Crippen LogP contribution in [0.3, 0.4) is 0 Å². The van der Waals surface area contributed by atoms with Crippen LogP contribution in [0.15, 0.2) is 35.5 Å². The van der Waals surface area contributed by atoms with Crippen molar-refractivity contribution in [2.75, 3.05) is 24.2 Å². The second-order valence-electron chi connectivity index (χ2n) is 7.54. The third-order valence-electron chi connectivity index (χ3n) is 4.85. The zero-order valence-corrected chi connectivity index (χ0v) is 19.6. The van der Waals surface area contributed by atoms with Crippen LogP contribution in [0, 0.1) is 31.3 Å². The Hall–Kier alpha value is -3.41. The molecule has 0 atom stereocenters. The van der Waals surface area contributed by atoms with E-state index in [0.29, 0.717) is 17.6 Å². The standard InChI is InChI=1S/C22H23F3N6O2S/c1-4-9-30(11-18(32)26-16-8-7-15(23)20(24)21(16)25)19(33)12-34-22-27-28-29-31(22)17-10-13(2)5-6-14(17)3/h5-8,10H,4,9,11-12H2,1-3H3,(H,26,32). The number of amides is 2. The van der Waals surface area contributed by atoms with Gasteiger partial charge in [0.1, 0.15) is 0 Å². The molecule has 34 heavy (non-hydrogen) atoms. The second-order valence-corrected chi connectivity index (χ2v) is 8.48. The lowest BCUT2D eigenvalue weighted by Crippen LogP contribution is -2.39. The zero-order chi connectivity index (χ0) is 24.8. The van der Waals surface area contributed by atoms with Crippen LogP contribution in [0.25, 0.3) is 5.69 Å². The lowest BCUT2D eigenvalue weighted by Gasteiger charge is -2.21. The van der Waals surface area contributed by atoms with Crippen LogP contribution >= 0.6 is 11.8 Å². The number of hydrogen-bond acceptors (Lipinski definition) is 6. The number of rotatable bonds is 9. The zero-order valence-electron chi connectivity index (χ0n) is 18.8. The van der Waals surface area contributed by atoms with E-state index in [0.717, 1.165) is 34.6 Å². The van der Waals surface area contributed by atoms with Crippen LogP contribution in [-0.4, -0.2) is 55.8 Å². The summed E-state index contributed by atoms with van der Waals surface area (Å²) in [6.07, 6.45) is 0.573. The molecule has 1 N–H and O–H groups in total. The molecule has 0 unspecified atom stereocenters. The first kappa shape index (κ1) is 25.2. The minimum atomic E-state index is -1.68. The summed E-state index contributed by atoms with van der Waals surface area (Å²) in [5.74, 6) is -5.69. The predicted octanol–water partition coefficient (Wildman–Crippen LogP) is 3.67. The Balaban J connectivity index is 1.66. The van der Waals surface area contributed by atoms with Gasteiger partial charge in [-0.15, -0.1) is 5.10 Å². The first-order valence-corrected chi connectivity index (χ1v) is 11.4. The number of nitrogens with zero attached hydrogens (tertiary/aromatic N) is 5. The molecule has 2 amide bonds.